The van der Waals surface area contributed by atoms with Crippen LogP contribution in [0.15, 0.2) is 77.7 Å². The van der Waals surface area contributed by atoms with E-state index in [1.54, 1.807) is 20.8 Å². The van der Waals surface area contributed by atoms with Gasteiger partial charge in [0.2, 0.25) is 0 Å². The van der Waals surface area contributed by atoms with Crippen LogP contribution in [0.5, 0.6) is 5.75 Å². The van der Waals surface area contributed by atoms with Crippen LogP contribution in [0.4, 0.5) is 5.69 Å². The first-order chi connectivity index (χ1) is 22.3. The lowest BCUT2D eigenvalue weighted by atomic mass is 10.1. The predicted molar refractivity (Wildman–Crippen MR) is 173 cm³/mol. The summed E-state index contributed by atoms with van der Waals surface area (Å²) in [7, 11) is 0. The number of benzene rings is 3. The van der Waals surface area contributed by atoms with Gasteiger partial charge in [0.05, 0.1) is 22.5 Å². The van der Waals surface area contributed by atoms with Crippen LogP contribution < -0.4 is 21.1 Å². The number of hydrogen-bond donors (Lipinski definition) is 1. The third kappa shape index (κ3) is 8.79. The molecule has 0 saturated heterocycles. The number of nitrogens with zero attached hydrogens (tertiary/aromatic N) is 4. The quantitative estimate of drug-likeness (QED) is 0.135. The highest BCUT2D eigenvalue weighted by Crippen LogP contribution is 2.33. The van der Waals surface area contributed by atoms with Gasteiger partial charge in [0.15, 0.2) is 0 Å². The van der Waals surface area contributed by atoms with Gasteiger partial charge in [-0.25, -0.2) is 4.98 Å². The fourth-order valence-electron chi connectivity index (χ4n) is 4.94. The van der Waals surface area contributed by atoms with Crippen molar-refractivity contribution in [2.45, 2.75) is 59.4 Å². The summed E-state index contributed by atoms with van der Waals surface area (Å²) in [4.78, 5) is 51.6. The number of nitro groups is 1. The van der Waals surface area contributed by atoms with E-state index in [4.69, 9.17) is 19.4 Å². The number of fused-ring (bicyclic) bond motifs is 2. The topological polar surface area (TPSA) is 186 Å². The highest BCUT2D eigenvalue weighted by atomic mass is 16.6. The molecule has 13 heteroatoms. The number of aryl methyl sites for hydroxylation is 1. The van der Waals surface area contributed by atoms with Gasteiger partial charge >= 0.3 is 5.97 Å². The van der Waals surface area contributed by atoms with Gasteiger partial charge < -0.3 is 29.7 Å². The number of quaternary nitrogens is 1. The first kappa shape index (κ1) is 34.3. The summed E-state index contributed by atoms with van der Waals surface area (Å²) in [5.74, 6) is -1.10. The molecule has 5 aromatic rings. The van der Waals surface area contributed by atoms with E-state index in [-0.39, 0.29) is 16.9 Å². The number of aromatic nitrogens is 3. The zero-order chi connectivity index (χ0) is 34.3. The molecule has 0 saturated carbocycles. The van der Waals surface area contributed by atoms with Crippen molar-refractivity contribution in [3.8, 4) is 17.0 Å². The molecule has 2 heterocycles. The van der Waals surface area contributed by atoms with Crippen LogP contribution in [0.1, 0.15) is 39.7 Å². The van der Waals surface area contributed by atoms with E-state index in [0.29, 0.717) is 30.0 Å². The number of carboxylic acid groups (broad SMARTS) is 1. The summed E-state index contributed by atoms with van der Waals surface area (Å²) in [6.07, 6.45) is 2.70. The van der Waals surface area contributed by atoms with E-state index in [9.17, 15) is 19.7 Å². The molecule has 13 nitrogen and oxygen atoms in total. The molecular weight excluding hydrogens is 606 g/mol. The van der Waals surface area contributed by atoms with Crippen molar-refractivity contribution in [2.75, 3.05) is 6.54 Å². The number of carbonyl (C=O) groups is 2. The average molecular weight is 644 g/mol. The van der Waals surface area contributed by atoms with Crippen molar-refractivity contribution < 1.29 is 34.8 Å². The maximum absolute atomic E-state index is 14.1. The first-order valence-corrected chi connectivity index (χ1v) is 14.9. The molecule has 0 aliphatic rings. The summed E-state index contributed by atoms with van der Waals surface area (Å²) < 4.78 is 14.8. The third-order valence-electron chi connectivity index (χ3n) is 6.85. The van der Waals surface area contributed by atoms with Crippen LogP contribution >= 0.6 is 0 Å². The van der Waals surface area contributed by atoms with Crippen molar-refractivity contribution in [3.63, 3.8) is 0 Å². The molecule has 3 aromatic carbocycles. The van der Waals surface area contributed by atoms with Gasteiger partial charge in [-0.15, -0.1) is 0 Å². The zero-order valence-corrected chi connectivity index (χ0v) is 26.7. The van der Waals surface area contributed by atoms with Crippen LogP contribution in [0.3, 0.4) is 0 Å². The second-order valence-electron chi connectivity index (χ2n) is 11.8. The number of carboxylic acids is 1. The van der Waals surface area contributed by atoms with E-state index < -0.39 is 34.6 Å². The van der Waals surface area contributed by atoms with E-state index in [1.807, 2.05) is 54.7 Å². The number of non-ortho nitro benzene ring substituents is 1. The van der Waals surface area contributed by atoms with Crippen molar-refractivity contribution >= 4 is 39.6 Å². The molecule has 0 fully saturated rings. The average Bonchev–Trinajstić information content (AvgIpc) is 3.36. The third-order valence-corrected chi connectivity index (χ3v) is 6.85. The van der Waals surface area contributed by atoms with E-state index in [1.165, 1.54) is 22.8 Å². The molecule has 3 N–H and O–H groups in total. The van der Waals surface area contributed by atoms with Crippen molar-refractivity contribution in [3.05, 3.63) is 99.0 Å². The summed E-state index contributed by atoms with van der Waals surface area (Å²) in [5, 5.41) is 21.2. The second-order valence-corrected chi connectivity index (χ2v) is 11.8. The zero-order valence-electron chi connectivity index (χ0n) is 26.7. The molecule has 0 atom stereocenters. The van der Waals surface area contributed by atoms with E-state index in [2.05, 4.69) is 15.3 Å². The van der Waals surface area contributed by atoms with Crippen molar-refractivity contribution in [1.82, 2.24) is 14.1 Å². The number of nitro benzene ring substituents is 1. The largest absolute Gasteiger partial charge is 0.550 e. The predicted octanol–water partition coefficient (Wildman–Crippen LogP) is 3.24. The van der Waals surface area contributed by atoms with Crippen LogP contribution in [-0.2, 0) is 34.0 Å². The number of esters is 1. The molecule has 0 aliphatic heterocycles. The molecule has 5 rings (SSSR count). The minimum Gasteiger partial charge on any atom is -0.550 e. The van der Waals surface area contributed by atoms with Crippen LogP contribution in [0.25, 0.3) is 33.2 Å². The van der Waals surface area contributed by atoms with Gasteiger partial charge in [0.25, 0.3) is 11.2 Å². The van der Waals surface area contributed by atoms with Gasteiger partial charge in [-0.05, 0) is 57.5 Å². The van der Waals surface area contributed by atoms with Gasteiger partial charge in [-0.1, -0.05) is 30.3 Å². The van der Waals surface area contributed by atoms with Gasteiger partial charge in [0.1, 0.15) is 30.2 Å². The molecule has 0 aliphatic carbocycles. The summed E-state index contributed by atoms with van der Waals surface area (Å²) >= 11 is 0. The number of hydrogen-bond acceptors (Lipinski definition) is 9. The Kier molecular flexibility index (Phi) is 10.7. The Hall–Kier alpha value is -5.56. The molecule has 0 amide bonds. The molecule has 0 unspecified atom stereocenters. The number of ether oxygens (including phenoxy) is 2. The lowest BCUT2D eigenvalue weighted by Crippen LogP contribution is -2.50. The summed E-state index contributed by atoms with van der Waals surface area (Å²) in [6, 6.07) is 19.6. The number of carbonyl (C=O) groups excluding carboxylic acids is 2. The normalized spacial score (nSPS) is 11.2. The Morgan fingerprint density at radius 3 is 2.36 bits per heavy atom. The maximum Gasteiger partial charge on any atom is 0.326 e. The minimum absolute atomic E-state index is 0.114. The van der Waals surface area contributed by atoms with Crippen molar-refractivity contribution in [1.29, 1.82) is 0 Å². The Morgan fingerprint density at radius 1 is 1.02 bits per heavy atom. The standard InChI is InChI=1S/C32H33N5O6.C2H4O2/c1-32(2,3)43-29(38)19-36-28-16-22(37(40)41)10-12-26(28)34-30(31(36)39)25-18-35(15-7-14-33)27-13-11-23(17-24(25)27)42-20-21-8-5-4-6-9-21;1-2(3)4/h4-6,8-13,16-18H,7,14-15,19-20,33H2,1-3H3;1H3,(H,3,4). The van der Waals surface area contributed by atoms with Crippen LogP contribution in [0, 0.1) is 10.1 Å². The second kappa shape index (κ2) is 14.7. The minimum atomic E-state index is -1.08. The van der Waals surface area contributed by atoms with Crippen LogP contribution in [0.2, 0.25) is 0 Å². The van der Waals surface area contributed by atoms with E-state index in [0.717, 1.165) is 36.4 Å². The fraction of sp³-hybridized carbons (Fsp3) is 0.294. The summed E-state index contributed by atoms with van der Waals surface area (Å²) in [5.41, 5.74) is 5.48. The maximum atomic E-state index is 14.1. The molecule has 246 valence electrons. The highest BCUT2D eigenvalue weighted by Gasteiger charge is 2.23. The van der Waals surface area contributed by atoms with Gasteiger partial charge in [-0.2, -0.15) is 0 Å². The first-order valence-electron chi connectivity index (χ1n) is 14.9. The number of aliphatic carboxylic acids is 1. The molecule has 0 spiro atoms. The molecular formula is C34H37N5O8. The van der Waals surface area contributed by atoms with Gasteiger partial charge in [0, 0.05) is 53.7 Å². The Labute approximate surface area is 270 Å². The highest BCUT2D eigenvalue weighted by molar-refractivity contribution is 5.97. The monoisotopic (exact) mass is 643 g/mol. The molecule has 2 aromatic heterocycles. The Morgan fingerprint density at radius 2 is 1.72 bits per heavy atom. The molecule has 47 heavy (non-hydrogen) atoms. The lowest BCUT2D eigenvalue weighted by Gasteiger charge is -2.20. The Balaban J connectivity index is 0.00000118. The molecule has 0 radical (unpaired) electrons. The van der Waals surface area contributed by atoms with Crippen LogP contribution in [-0.4, -0.2) is 43.1 Å². The summed E-state index contributed by atoms with van der Waals surface area (Å²) in [6.45, 7) is 7.51. The Bertz CT molecular complexity index is 1970. The lowest BCUT2D eigenvalue weighted by molar-refractivity contribution is -0.384. The van der Waals surface area contributed by atoms with Crippen molar-refractivity contribution in [2.24, 2.45) is 0 Å². The molecule has 0 bridgehead atoms. The fourth-order valence-corrected chi connectivity index (χ4v) is 4.94. The van der Waals surface area contributed by atoms with Gasteiger partial charge in [-0.3, -0.25) is 24.3 Å². The SMILES string of the molecule is CC(=O)[O-].CC(C)(C)OC(=O)Cn1c(=O)c(-c2cn(CCC[NH3+])c3ccc(OCc4ccccc4)cc23)nc2ccc([N+](=O)[O-])cc21. The smallest absolute Gasteiger partial charge is 0.326 e. The van der Waals surface area contributed by atoms with E-state index >= 15 is 0 Å². The number of rotatable bonds is 10.